The molecule has 1 saturated heterocycles. The maximum Gasteiger partial charge on any atom is 0.573 e. The summed E-state index contributed by atoms with van der Waals surface area (Å²) in [5, 5.41) is 0. The summed E-state index contributed by atoms with van der Waals surface area (Å²) in [6, 6.07) is 2.21. The van der Waals surface area contributed by atoms with Crippen LogP contribution in [0, 0.1) is 17.8 Å². The van der Waals surface area contributed by atoms with Crippen molar-refractivity contribution in [1.29, 1.82) is 0 Å². The van der Waals surface area contributed by atoms with E-state index in [1.807, 2.05) is 19.0 Å². The van der Waals surface area contributed by atoms with Crippen LogP contribution in [0.1, 0.15) is 31.0 Å². The van der Waals surface area contributed by atoms with Gasteiger partial charge in [-0.05, 0) is 52.4 Å². The van der Waals surface area contributed by atoms with Crippen molar-refractivity contribution in [3.63, 3.8) is 0 Å². The van der Waals surface area contributed by atoms with Gasteiger partial charge in [0.25, 0.3) is 5.91 Å². The number of ether oxygens (including phenoxy) is 2. The summed E-state index contributed by atoms with van der Waals surface area (Å²) >= 11 is 0. The number of aromatic nitrogens is 2. The Labute approximate surface area is 264 Å². The first kappa shape index (κ1) is 33.2. The second-order valence-electron chi connectivity index (χ2n) is 12.4. The van der Waals surface area contributed by atoms with E-state index in [0.717, 1.165) is 37.6 Å². The van der Waals surface area contributed by atoms with E-state index in [4.69, 9.17) is 16.3 Å². The molecule has 15 heteroatoms. The van der Waals surface area contributed by atoms with Crippen molar-refractivity contribution in [3.05, 3.63) is 59.1 Å². The van der Waals surface area contributed by atoms with E-state index in [-0.39, 0.29) is 56.3 Å². The number of benzene rings is 1. The fourth-order valence-electron chi connectivity index (χ4n) is 6.31. The molecule has 0 bridgehead atoms. The van der Waals surface area contributed by atoms with Crippen LogP contribution in [0.25, 0.3) is 4.85 Å². The minimum atomic E-state index is -5.03. The Bertz CT molecular complexity index is 1530. The first-order valence-corrected chi connectivity index (χ1v) is 14.9. The first-order valence-electron chi connectivity index (χ1n) is 14.9. The van der Waals surface area contributed by atoms with Crippen LogP contribution in [0.2, 0.25) is 0 Å². The number of fused-ring (bicyclic) bond motifs is 1. The smallest absolute Gasteiger partial charge is 0.463 e. The number of hydrogen-bond donors (Lipinski definition) is 0. The van der Waals surface area contributed by atoms with E-state index in [1.54, 1.807) is 6.92 Å². The zero-order chi connectivity index (χ0) is 33.4. The molecule has 3 aliphatic rings. The Morgan fingerprint density at radius 1 is 1.24 bits per heavy atom. The van der Waals surface area contributed by atoms with Gasteiger partial charge in [-0.1, -0.05) is 12.6 Å². The number of carbonyl (C=O) groups is 1. The highest BCUT2D eigenvalue weighted by Crippen LogP contribution is 2.46. The molecule has 0 spiro atoms. The number of para-hydroxylation sites is 1. The maximum atomic E-state index is 15.2. The number of hydrogen-bond acceptors (Lipinski definition) is 8. The maximum absolute atomic E-state index is 15.2. The number of piperazine rings is 1. The molecule has 1 amide bonds. The van der Waals surface area contributed by atoms with Crippen LogP contribution < -0.4 is 19.3 Å². The fraction of sp³-hybridized carbons (Fsp3) is 0.548. The lowest BCUT2D eigenvalue weighted by molar-refractivity contribution is -0.274. The molecule has 2 aromatic rings. The Morgan fingerprint density at radius 3 is 2.61 bits per heavy atom. The number of carbonyl (C=O) groups excluding carboxylic acids is 1. The molecule has 46 heavy (non-hydrogen) atoms. The third-order valence-corrected chi connectivity index (χ3v) is 8.56. The molecule has 5 rings (SSSR count). The van der Waals surface area contributed by atoms with E-state index in [9.17, 15) is 22.4 Å². The van der Waals surface area contributed by atoms with Crippen LogP contribution in [-0.4, -0.2) is 97.5 Å². The van der Waals surface area contributed by atoms with Gasteiger partial charge in [-0.2, -0.15) is 9.97 Å². The number of alkyl halides is 3. The standard InChI is InChI=1S/C31H36F5N7O3/c1-19-13-22-24(16-43(19)26-23(33)7-6-8-25(26)46-31(34,35)36)38-29(45-18-30(9-10-30)17-40(4)5)39-27(22)41-11-12-42(28(44)20(2)32)21(15-41)14-37-3/h6-8,19,21H,2,9-18H2,1,4-5H3/t19-,21-/m0/s1. The highest BCUT2D eigenvalue weighted by atomic mass is 19.4. The van der Waals surface area contributed by atoms with Crippen LogP contribution in [0.15, 0.2) is 30.6 Å². The van der Waals surface area contributed by atoms with Crippen LogP contribution in [0.5, 0.6) is 11.8 Å². The van der Waals surface area contributed by atoms with Crippen LogP contribution in [0.4, 0.5) is 33.5 Å². The molecule has 0 unspecified atom stereocenters. The van der Waals surface area contributed by atoms with Crippen LogP contribution >= 0.6 is 0 Å². The second-order valence-corrected chi connectivity index (χ2v) is 12.4. The molecule has 2 atom stereocenters. The van der Waals surface area contributed by atoms with Gasteiger partial charge in [-0.15, -0.1) is 13.2 Å². The van der Waals surface area contributed by atoms with Crippen LogP contribution in [-0.2, 0) is 17.8 Å². The zero-order valence-corrected chi connectivity index (χ0v) is 25.9. The van der Waals surface area contributed by atoms with Gasteiger partial charge in [-0.3, -0.25) is 4.79 Å². The predicted octanol–water partition coefficient (Wildman–Crippen LogP) is 4.61. The fourth-order valence-corrected chi connectivity index (χ4v) is 6.31. The summed E-state index contributed by atoms with van der Waals surface area (Å²) in [6.07, 6.45) is -2.85. The van der Waals surface area contributed by atoms with Crippen molar-refractivity contribution in [2.45, 2.75) is 51.2 Å². The molecule has 2 fully saturated rings. The predicted molar refractivity (Wildman–Crippen MR) is 160 cm³/mol. The monoisotopic (exact) mass is 649 g/mol. The van der Waals surface area contributed by atoms with E-state index in [2.05, 4.69) is 26.0 Å². The van der Waals surface area contributed by atoms with Crippen molar-refractivity contribution in [2.75, 3.05) is 63.2 Å². The van der Waals surface area contributed by atoms with Gasteiger partial charge in [0.2, 0.25) is 6.54 Å². The molecule has 1 aliphatic carbocycles. The summed E-state index contributed by atoms with van der Waals surface area (Å²) in [6.45, 7) is 13.8. The van der Waals surface area contributed by atoms with Crippen molar-refractivity contribution < 1.29 is 36.2 Å². The minimum Gasteiger partial charge on any atom is -0.463 e. The summed E-state index contributed by atoms with van der Waals surface area (Å²) in [4.78, 5) is 32.1. The van der Waals surface area contributed by atoms with Crippen molar-refractivity contribution in [1.82, 2.24) is 19.8 Å². The minimum absolute atomic E-state index is 0.0536. The van der Waals surface area contributed by atoms with Crippen molar-refractivity contribution in [2.24, 2.45) is 5.41 Å². The third-order valence-electron chi connectivity index (χ3n) is 8.56. The number of rotatable bonds is 10. The summed E-state index contributed by atoms with van der Waals surface area (Å²) in [7, 11) is 3.95. The van der Waals surface area contributed by atoms with E-state index >= 15 is 4.39 Å². The van der Waals surface area contributed by atoms with Gasteiger partial charge in [0.1, 0.15) is 23.4 Å². The van der Waals surface area contributed by atoms with Gasteiger partial charge < -0.3 is 33.9 Å². The highest BCUT2D eigenvalue weighted by molar-refractivity contribution is 5.91. The quantitative estimate of drug-likeness (QED) is 0.210. The van der Waals surface area contributed by atoms with Crippen molar-refractivity contribution >= 4 is 17.4 Å². The van der Waals surface area contributed by atoms with Gasteiger partial charge in [0.05, 0.1) is 18.8 Å². The highest BCUT2D eigenvalue weighted by Gasteiger charge is 2.44. The largest absolute Gasteiger partial charge is 0.573 e. The number of nitrogens with zero attached hydrogens (tertiary/aromatic N) is 7. The second kappa shape index (κ2) is 12.9. The zero-order valence-electron chi connectivity index (χ0n) is 25.9. The lowest BCUT2D eigenvalue weighted by Crippen LogP contribution is -2.57. The molecule has 2 aliphatic heterocycles. The molecule has 1 aromatic carbocycles. The average Bonchev–Trinajstić information content (AvgIpc) is 3.73. The Hall–Kier alpha value is -4.19. The number of anilines is 2. The lowest BCUT2D eigenvalue weighted by Gasteiger charge is -2.42. The van der Waals surface area contributed by atoms with Crippen molar-refractivity contribution in [3.8, 4) is 11.8 Å². The lowest BCUT2D eigenvalue weighted by atomic mass is 9.97. The first-order chi connectivity index (χ1) is 21.7. The molecule has 1 saturated carbocycles. The molecular weight excluding hydrogens is 613 g/mol. The van der Waals surface area contributed by atoms with E-state index < -0.39 is 41.7 Å². The van der Waals surface area contributed by atoms with E-state index in [1.165, 1.54) is 9.80 Å². The van der Waals surface area contributed by atoms with Gasteiger partial charge in [-0.25, -0.2) is 15.4 Å². The Morgan fingerprint density at radius 2 is 1.98 bits per heavy atom. The SMILES string of the molecule is [C-]#[N+]C[C@H]1CN(c2nc(OCC3(CN(C)C)CC3)nc3c2C[C@H](C)N(c2c(F)cccc2OC(F)(F)F)C3)CCN1C(=O)C(=C)F. The Balaban J connectivity index is 1.52. The van der Waals surface area contributed by atoms with E-state index in [0.29, 0.717) is 23.7 Å². The molecule has 0 N–H and O–H groups in total. The summed E-state index contributed by atoms with van der Waals surface area (Å²) in [5.74, 6) is -3.03. The molecule has 10 nitrogen and oxygen atoms in total. The molecule has 0 radical (unpaired) electrons. The Kier molecular flexibility index (Phi) is 9.30. The van der Waals surface area contributed by atoms with Gasteiger partial charge >= 0.3 is 12.4 Å². The molecular formula is C31H36F5N7O3. The third kappa shape index (κ3) is 7.27. The number of amides is 1. The number of halogens is 5. The van der Waals surface area contributed by atoms with Gasteiger partial charge in [0, 0.05) is 43.2 Å². The summed E-state index contributed by atoms with van der Waals surface area (Å²) in [5.41, 5.74) is 0.742. The van der Waals surface area contributed by atoms with Gasteiger partial charge in [0.15, 0.2) is 11.6 Å². The molecule has 1 aromatic heterocycles. The average molecular weight is 650 g/mol. The topological polar surface area (TPSA) is 78.6 Å². The molecule has 248 valence electrons. The summed E-state index contributed by atoms with van der Waals surface area (Å²) < 4.78 is 79.2. The molecule has 3 heterocycles. The normalized spacial score (nSPS) is 20.7. The van der Waals surface area contributed by atoms with Crippen LogP contribution in [0.3, 0.4) is 0 Å².